The third kappa shape index (κ3) is 8.32. The summed E-state index contributed by atoms with van der Waals surface area (Å²) in [6, 6.07) is 14.8. The molecule has 0 saturated carbocycles. The Kier molecular flexibility index (Phi) is 11.5. The van der Waals surface area contributed by atoms with Crippen LogP contribution in [0.5, 0.6) is 5.75 Å². The van der Waals surface area contributed by atoms with Crippen LogP contribution in [0, 0.1) is 17.5 Å². The number of thiazole rings is 1. The molecular formula is C36H37F4N7O2S2. The number of hydrogen-bond donors (Lipinski definition) is 2. The zero-order chi connectivity index (χ0) is 36.1. The Bertz CT molecular complexity index is 2000. The maximum absolute atomic E-state index is 15.0. The van der Waals surface area contributed by atoms with Crippen molar-refractivity contribution in [3.05, 3.63) is 89.3 Å². The van der Waals surface area contributed by atoms with Crippen LogP contribution in [-0.2, 0) is 11.0 Å². The first-order chi connectivity index (χ1) is 24.6. The summed E-state index contributed by atoms with van der Waals surface area (Å²) < 4.78 is 77.8. The van der Waals surface area contributed by atoms with Gasteiger partial charge in [0.05, 0.1) is 39.3 Å². The number of rotatable bonds is 13. The standard InChI is InChI=1S/C36H37F4N7O2S2/c1-4-49-31-11-9-24(21-30(31)47-18-16-46(15-13-37)17-19-47)42-36-41-14-12-28(43-36)33-32(44-35(50-33)22(2)3)23-8-10-25(38)29(20-23)45-51(48)34-26(39)6-5-7-27(34)40/h5-12,14,20-22,45H,4,13,15-19H2,1-3H3,(H,41,42,43). The van der Waals surface area contributed by atoms with Gasteiger partial charge in [0.1, 0.15) is 34.8 Å². The quantitative estimate of drug-likeness (QED) is 0.117. The molecule has 0 spiro atoms. The van der Waals surface area contributed by atoms with E-state index in [0.717, 1.165) is 66.5 Å². The van der Waals surface area contributed by atoms with Crippen molar-refractivity contribution < 1.29 is 26.5 Å². The number of nitrogens with one attached hydrogen (secondary N) is 2. The number of benzene rings is 3. The number of halogens is 4. The maximum Gasteiger partial charge on any atom is 0.227 e. The number of nitrogens with zero attached hydrogens (tertiary/aromatic N) is 5. The fourth-order valence-electron chi connectivity index (χ4n) is 5.64. The highest BCUT2D eigenvalue weighted by Gasteiger charge is 2.23. The van der Waals surface area contributed by atoms with Crippen molar-refractivity contribution in [2.24, 2.45) is 0 Å². The van der Waals surface area contributed by atoms with Crippen LogP contribution in [0.15, 0.2) is 71.8 Å². The lowest BCUT2D eigenvalue weighted by Gasteiger charge is -2.36. The Hall–Kier alpha value is -4.60. The van der Waals surface area contributed by atoms with Crippen molar-refractivity contribution in [2.45, 2.75) is 31.6 Å². The second-order valence-corrected chi connectivity index (χ2v) is 14.2. The minimum atomic E-state index is -2.42. The van der Waals surface area contributed by atoms with E-state index in [1.165, 1.54) is 29.5 Å². The van der Waals surface area contributed by atoms with Gasteiger partial charge in [-0.05, 0) is 61.5 Å². The summed E-state index contributed by atoms with van der Waals surface area (Å²) >= 11 is 1.43. The Morgan fingerprint density at radius 1 is 0.961 bits per heavy atom. The van der Waals surface area contributed by atoms with Crippen molar-refractivity contribution in [3.63, 3.8) is 0 Å². The van der Waals surface area contributed by atoms with Crippen LogP contribution in [0.4, 0.5) is 40.6 Å². The van der Waals surface area contributed by atoms with Gasteiger partial charge in [-0.15, -0.1) is 11.3 Å². The average molecular weight is 740 g/mol. The molecule has 0 radical (unpaired) electrons. The van der Waals surface area contributed by atoms with E-state index < -0.39 is 33.3 Å². The normalized spacial score (nSPS) is 14.2. The maximum atomic E-state index is 15.0. The Balaban J connectivity index is 1.29. The summed E-state index contributed by atoms with van der Waals surface area (Å²) in [5, 5.41) is 4.12. The summed E-state index contributed by atoms with van der Waals surface area (Å²) in [4.78, 5) is 18.5. The molecule has 1 aliphatic heterocycles. The number of ether oxygens (including phenoxy) is 1. The van der Waals surface area contributed by atoms with Crippen molar-refractivity contribution >= 4 is 45.3 Å². The second kappa shape index (κ2) is 16.2. The number of alkyl halides is 1. The van der Waals surface area contributed by atoms with E-state index >= 15 is 0 Å². The summed E-state index contributed by atoms with van der Waals surface area (Å²) in [5.41, 5.74) is 3.02. The van der Waals surface area contributed by atoms with Gasteiger partial charge in [-0.3, -0.25) is 9.62 Å². The third-order valence-corrected chi connectivity index (χ3v) is 10.7. The van der Waals surface area contributed by atoms with E-state index in [-0.39, 0.29) is 18.3 Å². The number of piperazine rings is 1. The number of aromatic nitrogens is 3. The molecule has 51 heavy (non-hydrogen) atoms. The van der Waals surface area contributed by atoms with E-state index in [4.69, 9.17) is 14.7 Å². The Morgan fingerprint density at radius 2 is 1.73 bits per heavy atom. The zero-order valence-electron chi connectivity index (χ0n) is 28.3. The molecule has 1 atom stereocenters. The smallest absolute Gasteiger partial charge is 0.227 e. The molecule has 0 bridgehead atoms. The lowest BCUT2D eigenvalue weighted by Crippen LogP contribution is -2.47. The highest BCUT2D eigenvalue weighted by atomic mass is 32.2. The Labute approximate surface area is 300 Å². The fourth-order valence-corrected chi connectivity index (χ4v) is 7.65. The highest BCUT2D eigenvalue weighted by Crippen LogP contribution is 2.40. The van der Waals surface area contributed by atoms with E-state index in [1.807, 2.05) is 39.0 Å². The van der Waals surface area contributed by atoms with Gasteiger partial charge in [-0.2, -0.15) is 0 Å². The molecule has 9 nitrogen and oxygen atoms in total. The molecule has 1 aliphatic rings. The molecule has 268 valence electrons. The number of anilines is 4. The molecule has 0 aliphatic carbocycles. The zero-order valence-corrected chi connectivity index (χ0v) is 29.9. The molecule has 0 amide bonds. The van der Waals surface area contributed by atoms with Gasteiger partial charge in [-0.1, -0.05) is 19.9 Å². The topological polar surface area (TPSA) is 95.5 Å². The van der Waals surface area contributed by atoms with Crippen molar-refractivity contribution in [2.75, 3.05) is 60.9 Å². The molecule has 5 aromatic rings. The van der Waals surface area contributed by atoms with Crippen LogP contribution < -0.4 is 19.7 Å². The first-order valence-corrected chi connectivity index (χ1v) is 18.5. The van der Waals surface area contributed by atoms with Crippen LogP contribution in [0.25, 0.3) is 21.8 Å². The monoisotopic (exact) mass is 739 g/mol. The lowest BCUT2D eigenvalue weighted by atomic mass is 10.1. The molecule has 6 rings (SSSR count). The fraction of sp³-hybridized carbons (Fsp3) is 0.306. The third-order valence-electron chi connectivity index (χ3n) is 8.20. The van der Waals surface area contributed by atoms with Gasteiger partial charge in [0, 0.05) is 56.1 Å². The van der Waals surface area contributed by atoms with E-state index in [1.54, 1.807) is 12.3 Å². The van der Waals surface area contributed by atoms with Crippen LogP contribution >= 0.6 is 11.3 Å². The van der Waals surface area contributed by atoms with E-state index in [9.17, 15) is 21.8 Å². The van der Waals surface area contributed by atoms with Crippen molar-refractivity contribution in [1.29, 1.82) is 0 Å². The van der Waals surface area contributed by atoms with Crippen LogP contribution in [0.2, 0.25) is 0 Å². The van der Waals surface area contributed by atoms with Gasteiger partial charge >= 0.3 is 0 Å². The van der Waals surface area contributed by atoms with Crippen LogP contribution in [0.1, 0.15) is 31.7 Å². The highest BCUT2D eigenvalue weighted by molar-refractivity contribution is 7.86. The lowest BCUT2D eigenvalue weighted by molar-refractivity contribution is 0.234. The molecule has 1 fully saturated rings. The van der Waals surface area contributed by atoms with Crippen molar-refractivity contribution in [3.8, 4) is 27.6 Å². The van der Waals surface area contributed by atoms with Gasteiger partial charge in [0.2, 0.25) is 5.95 Å². The first-order valence-electron chi connectivity index (χ1n) is 16.5. The number of hydrogen-bond acceptors (Lipinski definition) is 9. The van der Waals surface area contributed by atoms with Gasteiger partial charge in [0.25, 0.3) is 0 Å². The predicted molar refractivity (Wildman–Crippen MR) is 195 cm³/mol. The molecule has 1 unspecified atom stereocenters. The molecule has 1 saturated heterocycles. The minimum absolute atomic E-state index is 0.0672. The predicted octanol–water partition coefficient (Wildman–Crippen LogP) is 8.18. The minimum Gasteiger partial charge on any atom is -0.492 e. The molecular weight excluding hydrogens is 703 g/mol. The van der Waals surface area contributed by atoms with Crippen LogP contribution in [0.3, 0.4) is 0 Å². The molecule has 3 aromatic carbocycles. The molecule has 3 heterocycles. The van der Waals surface area contributed by atoms with E-state index in [0.29, 0.717) is 40.9 Å². The molecule has 2 N–H and O–H groups in total. The van der Waals surface area contributed by atoms with Gasteiger partial charge in [0.15, 0.2) is 11.0 Å². The largest absolute Gasteiger partial charge is 0.492 e. The second-order valence-electron chi connectivity index (χ2n) is 12.0. The van der Waals surface area contributed by atoms with E-state index in [2.05, 4.69) is 24.8 Å². The van der Waals surface area contributed by atoms with Crippen LogP contribution in [-0.4, -0.2) is 70.1 Å². The molecule has 2 aromatic heterocycles. The Morgan fingerprint density at radius 3 is 2.43 bits per heavy atom. The molecule has 15 heteroatoms. The summed E-state index contributed by atoms with van der Waals surface area (Å²) in [6.45, 7) is 9.49. The summed E-state index contributed by atoms with van der Waals surface area (Å²) in [6.07, 6.45) is 1.63. The first kappa shape index (κ1) is 36.2. The average Bonchev–Trinajstić information content (AvgIpc) is 3.57. The SMILES string of the molecule is CCOc1ccc(Nc2nccc(-c3sc(C(C)C)nc3-c3ccc(F)c(NS(=O)c4c(F)cccc4F)c3)n2)cc1N1CCN(CCF)CC1. The van der Waals surface area contributed by atoms with Gasteiger partial charge in [-0.25, -0.2) is 36.7 Å². The van der Waals surface area contributed by atoms with Crippen molar-refractivity contribution in [1.82, 2.24) is 19.9 Å². The summed E-state index contributed by atoms with van der Waals surface area (Å²) in [7, 11) is -2.42. The van der Waals surface area contributed by atoms with Gasteiger partial charge < -0.3 is 15.0 Å². The summed E-state index contributed by atoms with van der Waals surface area (Å²) in [5.74, 6) is -1.62.